The molecule has 0 aliphatic rings. The summed E-state index contributed by atoms with van der Waals surface area (Å²) in [6.45, 7) is -0.823. The van der Waals surface area contributed by atoms with Gasteiger partial charge in [0.2, 0.25) is 5.89 Å². The van der Waals surface area contributed by atoms with Crippen LogP contribution in [0.1, 0.15) is 23.3 Å². The highest BCUT2D eigenvalue weighted by atomic mass is 16.5. The summed E-state index contributed by atoms with van der Waals surface area (Å²) in [5, 5.41) is 25.8. The van der Waals surface area contributed by atoms with Gasteiger partial charge in [0.1, 0.15) is 0 Å². The van der Waals surface area contributed by atoms with Crippen LogP contribution in [-0.4, -0.2) is 45.0 Å². The van der Waals surface area contributed by atoms with Gasteiger partial charge in [-0.05, 0) is 12.0 Å². The number of rotatable bonds is 8. The monoisotopic (exact) mass is 349 g/mol. The second-order valence-electron chi connectivity index (χ2n) is 5.24. The number of nitrogens with zero attached hydrogens (tertiary/aromatic N) is 2. The third kappa shape index (κ3) is 5.55. The zero-order chi connectivity index (χ0) is 18.2. The van der Waals surface area contributed by atoms with Crippen molar-refractivity contribution in [1.82, 2.24) is 20.8 Å². The van der Waals surface area contributed by atoms with Crippen molar-refractivity contribution in [3.05, 3.63) is 47.6 Å². The molecule has 0 saturated carbocycles. The Labute approximate surface area is 143 Å². The summed E-state index contributed by atoms with van der Waals surface area (Å²) in [5.41, 5.74) is 7.07. The molecule has 25 heavy (non-hydrogen) atoms. The van der Waals surface area contributed by atoms with Crippen molar-refractivity contribution in [1.29, 1.82) is 0 Å². The maximum Gasteiger partial charge on any atom is 0.328 e. The summed E-state index contributed by atoms with van der Waals surface area (Å²) in [5.74, 6) is -0.908. The molecular weight excluding hydrogens is 330 g/mol. The summed E-state index contributed by atoms with van der Waals surface area (Å²) in [6.07, 6.45) is 0.532. The number of carbonyl (C=O) groups excluding carboxylic acids is 1. The summed E-state index contributed by atoms with van der Waals surface area (Å²) < 4.78 is 5.00. The van der Waals surface area contributed by atoms with Crippen LogP contribution in [0.4, 0.5) is 4.79 Å². The van der Waals surface area contributed by atoms with E-state index in [0.29, 0.717) is 12.2 Å². The Morgan fingerprint density at radius 3 is 2.64 bits per heavy atom. The van der Waals surface area contributed by atoms with Crippen LogP contribution in [0, 0.1) is 0 Å². The Kier molecular flexibility index (Phi) is 6.43. The lowest BCUT2D eigenvalue weighted by Gasteiger charge is -2.11. The van der Waals surface area contributed by atoms with Crippen LogP contribution in [0.3, 0.4) is 0 Å². The highest BCUT2D eigenvalue weighted by Gasteiger charge is 2.19. The highest BCUT2D eigenvalue weighted by Crippen LogP contribution is 2.13. The van der Waals surface area contributed by atoms with Gasteiger partial charge < -0.3 is 31.1 Å². The number of urea groups is 1. The van der Waals surface area contributed by atoms with E-state index < -0.39 is 30.7 Å². The molecule has 10 nitrogen and oxygen atoms in total. The molecule has 0 saturated heterocycles. The number of aliphatic hydroxyl groups is 1. The number of hydrogen-bond acceptors (Lipinski definition) is 7. The summed E-state index contributed by atoms with van der Waals surface area (Å²) >= 11 is 0. The van der Waals surface area contributed by atoms with Crippen molar-refractivity contribution in [2.75, 3.05) is 6.61 Å². The van der Waals surface area contributed by atoms with Crippen molar-refractivity contribution < 1.29 is 24.3 Å². The molecule has 2 rings (SSSR count). The third-order valence-corrected chi connectivity index (χ3v) is 3.30. The lowest BCUT2D eigenvalue weighted by molar-refractivity contribution is -0.140. The molecule has 0 fully saturated rings. The number of carboxylic acid groups (broad SMARTS) is 1. The highest BCUT2D eigenvalue weighted by molar-refractivity contribution is 5.82. The molecule has 134 valence electrons. The van der Waals surface area contributed by atoms with Crippen LogP contribution in [0.2, 0.25) is 0 Å². The first-order valence-corrected chi connectivity index (χ1v) is 7.49. The zero-order valence-electron chi connectivity index (χ0n) is 13.3. The largest absolute Gasteiger partial charge is 0.480 e. The van der Waals surface area contributed by atoms with Crippen molar-refractivity contribution in [2.24, 2.45) is 5.73 Å². The van der Waals surface area contributed by atoms with Gasteiger partial charge in [0, 0.05) is 0 Å². The van der Waals surface area contributed by atoms with E-state index in [4.69, 9.17) is 20.5 Å². The minimum Gasteiger partial charge on any atom is -0.480 e. The molecular formula is C15H19N5O5. The molecule has 2 aromatic rings. The molecule has 0 radical (unpaired) electrons. The molecule has 0 aliphatic carbocycles. The van der Waals surface area contributed by atoms with E-state index >= 15 is 0 Å². The zero-order valence-corrected chi connectivity index (χ0v) is 13.3. The van der Waals surface area contributed by atoms with Crippen molar-refractivity contribution in [3.63, 3.8) is 0 Å². The molecule has 0 spiro atoms. The average molecular weight is 349 g/mol. The van der Waals surface area contributed by atoms with Crippen molar-refractivity contribution >= 4 is 12.0 Å². The minimum atomic E-state index is -1.39. The number of aliphatic hydroxyl groups excluding tert-OH is 1. The maximum absolute atomic E-state index is 11.6. The quantitative estimate of drug-likeness (QED) is 0.428. The number of aromatic nitrogens is 2. The van der Waals surface area contributed by atoms with Gasteiger partial charge in [-0.3, -0.25) is 0 Å². The SMILES string of the molecule is N[C@@H](Cc1ccccc1)c1noc(CNC(=O)N[C@@H](CO)C(=O)O)n1. The number of carbonyl (C=O) groups is 2. The smallest absolute Gasteiger partial charge is 0.328 e. The van der Waals surface area contributed by atoms with E-state index in [1.165, 1.54) is 0 Å². The fourth-order valence-electron chi connectivity index (χ4n) is 2.00. The summed E-state index contributed by atoms with van der Waals surface area (Å²) in [6, 6.07) is 6.96. The molecule has 2 amide bonds. The standard InChI is InChI=1S/C15H19N5O5/c16-10(6-9-4-2-1-3-5-9)13-19-12(25-20-13)7-17-15(24)18-11(8-21)14(22)23/h1-5,10-11,21H,6-8,16H2,(H,22,23)(H2,17,18,24)/t10-,11-/m0/s1. The number of nitrogens with two attached hydrogens (primary N) is 1. The number of benzene rings is 1. The van der Waals surface area contributed by atoms with Gasteiger partial charge in [0.15, 0.2) is 11.9 Å². The van der Waals surface area contributed by atoms with Gasteiger partial charge in [0.05, 0.1) is 19.2 Å². The number of hydrogen-bond donors (Lipinski definition) is 5. The topological polar surface area (TPSA) is 164 Å². The predicted molar refractivity (Wildman–Crippen MR) is 85.3 cm³/mol. The Morgan fingerprint density at radius 1 is 1.28 bits per heavy atom. The second kappa shape index (κ2) is 8.76. The molecule has 2 atom stereocenters. The molecule has 1 heterocycles. The van der Waals surface area contributed by atoms with Crippen LogP contribution in [-0.2, 0) is 17.8 Å². The first kappa shape index (κ1) is 18.4. The van der Waals surface area contributed by atoms with Crippen LogP contribution < -0.4 is 16.4 Å². The van der Waals surface area contributed by atoms with E-state index in [1.54, 1.807) is 0 Å². The molecule has 0 bridgehead atoms. The Hall–Kier alpha value is -2.98. The summed E-state index contributed by atoms with van der Waals surface area (Å²) in [4.78, 5) is 26.4. The fourth-order valence-corrected chi connectivity index (χ4v) is 2.00. The van der Waals surface area contributed by atoms with E-state index in [-0.39, 0.29) is 12.4 Å². The van der Waals surface area contributed by atoms with Gasteiger partial charge in [-0.15, -0.1) is 0 Å². The van der Waals surface area contributed by atoms with Gasteiger partial charge in [0.25, 0.3) is 0 Å². The summed E-state index contributed by atoms with van der Waals surface area (Å²) in [7, 11) is 0. The lowest BCUT2D eigenvalue weighted by Crippen LogP contribution is -2.47. The average Bonchev–Trinajstić information content (AvgIpc) is 3.07. The number of amides is 2. The van der Waals surface area contributed by atoms with Crippen LogP contribution in [0.5, 0.6) is 0 Å². The number of aliphatic carboxylic acids is 1. The molecule has 1 aromatic carbocycles. The molecule has 10 heteroatoms. The fraction of sp³-hybridized carbons (Fsp3) is 0.333. The first-order chi connectivity index (χ1) is 12.0. The maximum atomic E-state index is 11.6. The van der Waals surface area contributed by atoms with Gasteiger partial charge >= 0.3 is 12.0 Å². The van der Waals surface area contributed by atoms with E-state index in [9.17, 15) is 9.59 Å². The second-order valence-corrected chi connectivity index (χ2v) is 5.24. The molecule has 0 unspecified atom stereocenters. The number of carboxylic acids is 1. The lowest BCUT2D eigenvalue weighted by atomic mass is 10.1. The molecule has 6 N–H and O–H groups in total. The van der Waals surface area contributed by atoms with Crippen LogP contribution in [0.25, 0.3) is 0 Å². The Bertz CT molecular complexity index is 705. The van der Waals surface area contributed by atoms with Gasteiger partial charge in [-0.1, -0.05) is 35.5 Å². The van der Waals surface area contributed by atoms with Crippen LogP contribution in [0.15, 0.2) is 34.9 Å². The predicted octanol–water partition coefficient (Wildman–Crippen LogP) is -0.443. The molecule has 0 aliphatic heterocycles. The normalized spacial score (nSPS) is 13.0. The van der Waals surface area contributed by atoms with Crippen LogP contribution >= 0.6 is 0 Å². The minimum absolute atomic E-state index is 0.103. The number of nitrogens with one attached hydrogen (secondary N) is 2. The third-order valence-electron chi connectivity index (χ3n) is 3.30. The van der Waals surface area contributed by atoms with E-state index in [1.807, 2.05) is 30.3 Å². The van der Waals surface area contributed by atoms with E-state index in [0.717, 1.165) is 5.56 Å². The van der Waals surface area contributed by atoms with Gasteiger partial charge in [-0.2, -0.15) is 4.98 Å². The molecule has 1 aromatic heterocycles. The van der Waals surface area contributed by atoms with Gasteiger partial charge in [-0.25, -0.2) is 9.59 Å². The van der Waals surface area contributed by atoms with Crippen molar-refractivity contribution in [3.8, 4) is 0 Å². The van der Waals surface area contributed by atoms with E-state index in [2.05, 4.69) is 20.8 Å². The first-order valence-electron chi connectivity index (χ1n) is 7.49. The Balaban J connectivity index is 1.84. The Morgan fingerprint density at radius 2 is 2.00 bits per heavy atom. The van der Waals surface area contributed by atoms with Crippen molar-refractivity contribution in [2.45, 2.75) is 25.0 Å².